The molecule has 1 N–H and O–H groups in total. The predicted octanol–water partition coefficient (Wildman–Crippen LogP) is 3.19. The average Bonchev–Trinajstić information content (AvgIpc) is 2.80. The van der Waals surface area contributed by atoms with E-state index in [1.54, 1.807) is 0 Å². The Labute approximate surface area is 128 Å². The molecule has 21 heavy (non-hydrogen) atoms. The lowest BCUT2D eigenvalue weighted by molar-refractivity contribution is 0.498. The molecule has 2 aromatic rings. The van der Waals surface area contributed by atoms with Gasteiger partial charge in [-0.15, -0.1) is 0 Å². The normalized spacial score (nSPS) is 12.6. The van der Waals surface area contributed by atoms with Crippen LogP contribution in [0.3, 0.4) is 0 Å². The number of aryl methyl sites for hydroxylation is 3. The highest BCUT2D eigenvalue weighted by atomic mass is 15.2. The number of hydrogen-bond acceptors (Lipinski definition) is 2. The Hall–Kier alpha value is -1.61. The lowest BCUT2D eigenvalue weighted by Crippen LogP contribution is -2.34. The summed E-state index contributed by atoms with van der Waals surface area (Å²) >= 11 is 0. The third kappa shape index (κ3) is 5.01. The van der Waals surface area contributed by atoms with Crippen molar-refractivity contribution < 1.29 is 0 Å². The standard InChI is InChI=1S/C18H27N3/c1-5-7-19-18(13-17-6-8-21(4)20-17)12-16-10-14(2)9-15(3)11-16/h6,8-11,18-19H,5,7,12-13H2,1-4H3. The fourth-order valence-corrected chi connectivity index (χ4v) is 2.86. The third-order valence-corrected chi connectivity index (χ3v) is 3.67. The first kappa shape index (κ1) is 15.8. The zero-order valence-electron chi connectivity index (χ0n) is 13.7. The van der Waals surface area contributed by atoms with Gasteiger partial charge in [-0.1, -0.05) is 36.2 Å². The van der Waals surface area contributed by atoms with Gasteiger partial charge in [0.1, 0.15) is 0 Å². The van der Waals surface area contributed by atoms with Crippen molar-refractivity contribution in [1.29, 1.82) is 0 Å². The van der Waals surface area contributed by atoms with Crippen molar-refractivity contribution in [3.63, 3.8) is 0 Å². The van der Waals surface area contributed by atoms with Gasteiger partial charge in [0.2, 0.25) is 0 Å². The molecule has 1 aromatic heterocycles. The summed E-state index contributed by atoms with van der Waals surface area (Å²) in [4.78, 5) is 0. The van der Waals surface area contributed by atoms with E-state index in [4.69, 9.17) is 0 Å². The van der Waals surface area contributed by atoms with Gasteiger partial charge in [0, 0.05) is 25.7 Å². The second kappa shape index (κ2) is 7.41. The van der Waals surface area contributed by atoms with Crippen molar-refractivity contribution in [2.75, 3.05) is 6.54 Å². The molecule has 114 valence electrons. The minimum Gasteiger partial charge on any atom is -0.313 e. The highest BCUT2D eigenvalue weighted by molar-refractivity contribution is 5.29. The molecule has 0 fully saturated rings. The molecule has 0 spiro atoms. The van der Waals surface area contributed by atoms with Crippen molar-refractivity contribution in [3.05, 3.63) is 52.8 Å². The Morgan fingerprint density at radius 2 is 1.86 bits per heavy atom. The quantitative estimate of drug-likeness (QED) is 0.846. The van der Waals surface area contributed by atoms with Crippen LogP contribution >= 0.6 is 0 Å². The van der Waals surface area contributed by atoms with Crippen LogP contribution in [-0.2, 0) is 19.9 Å². The van der Waals surface area contributed by atoms with Crippen LogP contribution in [0.25, 0.3) is 0 Å². The van der Waals surface area contributed by atoms with E-state index in [-0.39, 0.29) is 0 Å². The molecule has 0 bridgehead atoms. The molecule has 0 aliphatic rings. The molecular formula is C18H27N3. The average molecular weight is 285 g/mol. The number of aromatic nitrogens is 2. The Balaban J connectivity index is 2.07. The van der Waals surface area contributed by atoms with E-state index in [0.29, 0.717) is 6.04 Å². The monoisotopic (exact) mass is 285 g/mol. The van der Waals surface area contributed by atoms with E-state index in [1.807, 2.05) is 17.9 Å². The van der Waals surface area contributed by atoms with E-state index >= 15 is 0 Å². The molecule has 0 saturated heterocycles. The molecule has 0 aliphatic carbocycles. The maximum atomic E-state index is 4.51. The number of nitrogens with one attached hydrogen (secondary N) is 1. The summed E-state index contributed by atoms with van der Waals surface area (Å²) in [6, 6.07) is 9.39. The smallest absolute Gasteiger partial charge is 0.0640 e. The summed E-state index contributed by atoms with van der Waals surface area (Å²) in [6.45, 7) is 7.61. The molecule has 0 aliphatic heterocycles. The van der Waals surface area contributed by atoms with Crippen LogP contribution in [0, 0.1) is 13.8 Å². The zero-order valence-corrected chi connectivity index (χ0v) is 13.7. The van der Waals surface area contributed by atoms with Gasteiger partial charge in [-0.3, -0.25) is 4.68 Å². The van der Waals surface area contributed by atoms with Crippen molar-refractivity contribution in [2.24, 2.45) is 7.05 Å². The largest absolute Gasteiger partial charge is 0.313 e. The second-order valence-electron chi connectivity index (χ2n) is 6.04. The first-order chi connectivity index (χ1) is 10.1. The van der Waals surface area contributed by atoms with Crippen molar-refractivity contribution >= 4 is 0 Å². The molecule has 1 aromatic carbocycles. The van der Waals surface area contributed by atoms with Gasteiger partial charge < -0.3 is 5.32 Å². The molecular weight excluding hydrogens is 258 g/mol. The first-order valence-corrected chi connectivity index (χ1v) is 7.86. The number of benzene rings is 1. The lowest BCUT2D eigenvalue weighted by atomic mass is 9.98. The summed E-state index contributed by atoms with van der Waals surface area (Å²) in [7, 11) is 1.97. The van der Waals surface area contributed by atoms with Gasteiger partial charge in [0.15, 0.2) is 0 Å². The topological polar surface area (TPSA) is 29.9 Å². The summed E-state index contributed by atoms with van der Waals surface area (Å²) in [5.41, 5.74) is 5.27. The fourth-order valence-electron chi connectivity index (χ4n) is 2.86. The summed E-state index contributed by atoms with van der Waals surface area (Å²) in [6.07, 6.45) is 5.21. The number of nitrogens with zero attached hydrogens (tertiary/aromatic N) is 2. The Morgan fingerprint density at radius 1 is 1.14 bits per heavy atom. The first-order valence-electron chi connectivity index (χ1n) is 7.86. The Bertz CT molecular complexity index is 551. The van der Waals surface area contributed by atoms with Gasteiger partial charge in [-0.2, -0.15) is 5.10 Å². The molecule has 3 heteroatoms. The van der Waals surface area contributed by atoms with Crippen LogP contribution in [0.4, 0.5) is 0 Å². The zero-order chi connectivity index (χ0) is 15.2. The lowest BCUT2D eigenvalue weighted by Gasteiger charge is -2.18. The highest BCUT2D eigenvalue weighted by Crippen LogP contribution is 2.13. The van der Waals surface area contributed by atoms with E-state index in [9.17, 15) is 0 Å². The van der Waals surface area contributed by atoms with Gasteiger partial charge in [-0.25, -0.2) is 0 Å². The number of rotatable bonds is 7. The third-order valence-electron chi connectivity index (χ3n) is 3.67. The summed E-state index contributed by atoms with van der Waals surface area (Å²) in [5, 5.41) is 8.18. The van der Waals surface area contributed by atoms with Crippen LogP contribution in [0.2, 0.25) is 0 Å². The van der Waals surface area contributed by atoms with Crippen molar-refractivity contribution in [2.45, 2.75) is 46.1 Å². The summed E-state index contributed by atoms with van der Waals surface area (Å²) < 4.78 is 1.88. The molecule has 3 nitrogen and oxygen atoms in total. The fraction of sp³-hybridized carbons (Fsp3) is 0.500. The Morgan fingerprint density at radius 3 is 2.43 bits per heavy atom. The van der Waals surface area contributed by atoms with E-state index < -0.39 is 0 Å². The van der Waals surface area contributed by atoms with E-state index in [1.165, 1.54) is 16.7 Å². The Kier molecular flexibility index (Phi) is 5.57. The highest BCUT2D eigenvalue weighted by Gasteiger charge is 2.12. The summed E-state index contributed by atoms with van der Waals surface area (Å²) in [5.74, 6) is 0. The number of hydrogen-bond donors (Lipinski definition) is 1. The van der Waals surface area contributed by atoms with Crippen LogP contribution < -0.4 is 5.32 Å². The molecule has 0 radical (unpaired) electrons. The van der Waals surface area contributed by atoms with Crippen molar-refractivity contribution in [1.82, 2.24) is 15.1 Å². The molecule has 1 heterocycles. The molecule has 0 saturated carbocycles. The van der Waals surface area contributed by atoms with Crippen LogP contribution in [-0.4, -0.2) is 22.4 Å². The maximum absolute atomic E-state index is 4.51. The van der Waals surface area contributed by atoms with Crippen molar-refractivity contribution in [3.8, 4) is 0 Å². The van der Waals surface area contributed by atoms with E-state index in [0.717, 1.165) is 31.5 Å². The second-order valence-corrected chi connectivity index (χ2v) is 6.04. The minimum absolute atomic E-state index is 0.445. The van der Waals surface area contributed by atoms with Gasteiger partial charge >= 0.3 is 0 Å². The van der Waals surface area contributed by atoms with Crippen LogP contribution in [0.5, 0.6) is 0 Å². The van der Waals surface area contributed by atoms with Gasteiger partial charge in [0.05, 0.1) is 5.69 Å². The van der Waals surface area contributed by atoms with Crippen LogP contribution in [0.15, 0.2) is 30.5 Å². The molecule has 0 amide bonds. The SMILES string of the molecule is CCCNC(Cc1cc(C)cc(C)c1)Cc1ccn(C)n1. The maximum Gasteiger partial charge on any atom is 0.0640 e. The van der Waals surface area contributed by atoms with E-state index in [2.05, 4.69) is 55.5 Å². The van der Waals surface area contributed by atoms with Gasteiger partial charge in [-0.05, 0) is 44.9 Å². The molecule has 1 unspecified atom stereocenters. The molecule has 1 atom stereocenters. The molecule has 2 rings (SSSR count). The minimum atomic E-state index is 0.445. The predicted molar refractivity (Wildman–Crippen MR) is 88.6 cm³/mol. The van der Waals surface area contributed by atoms with Crippen LogP contribution in [0.1, 0.15) is 35.7 Å². The van der Waals surface area contributed by atoms with Gasteiger partial charge in [0.25, 0.3) is 0 Å².